The summed E-state index contributed by atoms with van der Waals surface area (Å²) in [5.74, 6) is -1.12. The van der Waals surface area contributed by atoms with E-state index < -0.39 is 23.1 Å². The van der Waals surface area contributed by atoms with E-state index in [0.29, 0.717) is 6.42 Å². The Hall–Kier alpha value is -1.58. The highest BCUT2D eigenvalue weighted by atomic mass is 16.6. The highest BCUT2D eigenvalue weighted by Gasteiger charge is 2.21. The lowest BCUT2D eigenvalue weighted by Crippen LogP contribution is -2.27. The highest BCUT2D eigenvalue weighted by Crippen LogP contribution is 2.17. The number of hydrogen-bond acceptors (Lipinski definition) is 4. The Labute approximate surface area is 115 Å². The van der Waals surface area contributed by atoms with Gasteiger partial charge in [-0.2, -0.15) is 0 Å². The molecule has 0 aromatic rings. The maximum Gasteiger partial charge on any atom is 0.331 e. The van der Waals surface area contributed by atoms with Gasteiger partial charge in [-0.25, -0.2) is 9.59 Å². The molecule has 0 aromatic heterocycles. The molecule has 0 unspecified atom stereocenters. The van der Waals surface area contributed by atoms with Gasteiger partial charge < -0.3 is 9.47 Å². The number of esters is 2. The molecular weight excluding hydrogens is 244 g/mol. The molecule has 0 aromatic carbocycles. The van der Waals surface area contributed by atoms with Crippen LogP contribution in [0.15, 0.2) is 24.8 Å². The van der Waals surface area contributed by atoms with Crippen molar-refractivity contribution in [2.24, 2.45) is 0 Å². The second-order valence-electron chi connectivity index (χ2n) is 5.87. The number of carbonyl (C=O) groups is 2. The summed E-state index contributed by atoms with van der Waals surface area (Å²) in [5.41, 5.74) is -1.15. The fourth-order valence-corrected chi connectivity index (χ4v) is 1.28. The molecule has 0 saturated heterocycles. The third kappa shape index (κ3) is 10.1. The van der Waals surface area contributed by atoms with Crippen LogP contribution in [0.1, 0.15) is 47.5 Å². The van der Waals surface area contributed by atoms with E-state index in [-0.39, 0.29) is 0 Å². The van der Waals surface area contributed by atoms with Crippen LogP contribution in [-0.4, -0.2) is 23.1 Å². The van der Waals surface area contributed by atoms with Gasteiger partial charge in [0.2, 0.25) is 0 Å². The zero-order valence-electron chi connectivity index (χ0n) is 12.5. The number of rotatable bonds is 6. The number of allylic oxidation sites excluding steroid dienone is 1. The summed E-state index contributed by atoms with van der Waals surface area (Å²) in [7, 11) is 0. The van der Waals surface area contributed by atoms with Crippen LogP contribution in [0.3, 0.4) is 0 Å². The van der Waals surface area contributed by atoms with Gasteiger partial charge in [-0.3, -0.25) is 0 Å². The second kappa shape index (κ2) is 7.12. The van der Waals surface area contributed by atoms with E-state index in [2.05, 4.69) is 6.58 Å². The molecule has 0 fully saturated rings. The van der Waals surface area contributed by atoms with Gasteiger partial charge >= 0.3 is 11.9 Å². The van der Waals surface area contributed by atoms with E-state index in [1.54, 1.807) is 26.8 Å². The lowest BCUT2D eigenvalue weighted by Gasteiger charge is -2.23. The van der Waals surface area contributed by atoms with Gasteiger partial charge in [0.1, 0.15) is 11.2 Å². The number of ether oxygens (including phenoxy) is 2. The van der Waals surface area contributed by atoms with Gasteiger partial charge in [0.25, 0.3) is 0 Å². The molecule has 19 heavy (non-hydrogen) atoms. The monoisotopic (exact) mass is 268 g/mol. The van der Waals surface area contributed by atoms with Crippen LogP contribution in [0.25, 0.3) is 0 Å². The zero-order valence-corrected chi connectivity index (χ0v) is 12.5. The largest absolute Gasteiger partial charge is 0.457 e. The molecule has 0 heterocycles. The van der Waals surface area contributed by atoms with Crippen molar-refractivity contribution in [1.29, 1.82) is 0 Å². The molecule has 0 bridgehead atoms. The first kappa shape index (κ1) is 17.4. The lowest BCUT2D eigenvalue weighted by atomic mass is 10.0. The first-order valence-electron chi connectivity index (χ1n) is 6.31. The van der Waals surface area contributed by atoms with Crippen molar-refractivity contribution in [1.82, 2.24) is 0 Å². The standard InChI is InChI=1S/C15H24O4/c1-7-8-11-15(5,6)19-13(17)10-9-12(16)18-14(2,3)4/h7,9-10H,1,8,11H2,2-6H3/b10-9-. The lowest BCUT2D eigenvalue weighted by molar-refractivity contribution is -0.152. The number of hydrogen-bond donors (Lipinski definition) is 0. The third-order valence-electron chi connectivity index (χ3n) is 2.09. The Bertz CT molecular complexity index is 359. The third-order valence-corrected chi connectivity index (χ3v) is 2.09. The molecule has 0 aliphatic rings. The maximum absolute atomic E-state index is 11.5. The highest BCUT2D eigenvalue weighted by molar-refractivity contribution is 5.91. The Morgan fingerprint density at radius 2 is 1.47 bits per heavy atom. The fourth-order valence-electron chi connectivity index (χ4n) is 1.28. The molecular formula is C15H24O4. The molecule has 0 radical (unpaired) electrons. The van der Waals surface area contributed by atoms with E-state index >= 15 is 0 Å². The fraction of sp³-hybridized carbons (Fsp3) is 0.600. The van der Waals surface area contributed by atoms with Crippen LogP contribution in [0.4, 0.5) is 0 Å². The van der Waals surface area contributed by atoms with Gasteiger partial charge in [-0.1, -0.05) is 6.08 Å². The summed E-state index contributed by atoms with van der Waals surface area (Å²) in [6.07, 6.45) is 5.38. The minimum atomic E-state index is -0.580. The van der Waals surface area contributed by atoms with Gasteiger partial charge in [0.05, 0.1) is 0 Å². The molecule has 0 aliphatic carbocycles. The topological polar surface area (TPSA) is 52.6 Å². The summed E-state index contributed by atoms with van der Waals surface area (Å²) in [6.45, 7) is 12.5. The molecule has 4 nitrogen and oxygen atoms in total. The SMILES string of the molecule is C=CCCC(C)(C)OC(=O)/C=C\C(=O)OC(C)(C)C. The van der Waals surface area contributed by atoms with Crippen LogP contribution in [0.2, 0.25) is 0 Å². The summed E-state index contributed by atoms with van der Waals surface area (Å²) in [4.78, 5) is 22.9. The number of carbonyl (C=O) groups excluding carboxylic acids is 2. The summed E-state index contributed by atoms with van der Waals surface area (Å²) >= 11 is 0. The van der Waals surface area contributed by atoms with E-state index in [1.165, 1.54) is 0 Å². The normalized spacial score (nSPS) is 12.3. The minimum absolute atomic E-state index is 0.556. The predicted octanol–water partition coefficient (Wildman–Crippen LogP) is 3.17. The molecule has 0 saturated carbocycles. The average Bonchev–Trinajstić information content (AvgIpc) is 2.21. The van der Waals surface area contributed by atoms with Crippen LogP contribution < -0.4 is 0 Å². The van der Waals surface area contributed by atoms with Gasteiger partial charge in [0, 0.05) is 12.2 Å². The summed E-state index contributed by atoms with van der Waals surface area (Å²) in [6, 6.07) is 0. The van der Waals surface area contributed by atoms with Crippen molar-refractivity contribution in [2.45, 2.75) is 58.7 Å². The second-order valence-corrected chi connectivity index (χ2v) is 5.87. The smallest absolute Gasteiger partial charge is 0.331 e. The van der Waals surface area contributed by atoms with Gasteiger partial charge in [-0.15, -0.1) is 6.58 Å². The summed E-state index contributed by atoms with van der Waals surface area (Å²) in [5, 5.41) is 0. The average molecular weight is 268 g/mol. The molecule has 108 valence electrons. The molecule has 0 atom stereocenters. The van der Waals surface area contributed by atoms with Crippen molar-refractivity contribution in [2.75, 3.05) is 0 Å². The van der Waals surface area contributed by atoms with Crippen molar-refractivity contribution < 1.29 is 19.1 Å². The molecule has 4 heteroatoms. The Morgan fingerprint density at radius 1 is 1.00 bits per heavy atom. The maximum atomic E-state index is 11.5. The summed E-state index contributed by atoms with van der Waals surface area (Å²) < 4.78 is 10.3. The Kier molecular flexibility index (Phi) is 6.53. The van der Waals surface area contributed by atoms with Crippen molar-refractivity contribution in [3.63, 3.8) is 0 Å². The molecule has 0 amide bonds. The first-order valence-corrected chi connectivity index (χ1v) is 6.31. The Balaban J connectivity index is 4.30. The molecule has 0 aliphatic heterocycles. The molecule has 0 spiro atoms. The Morgan fingerprint density at radius 3 is 1.89 bits per heavy atom. The first-order chi connectivity index (χ1) is 8.56. The molecule has 0 rings (SSSR count). The molecule has 0 N–H and O–H groups in total. The van der Waals surface area contributed by atoms with Crippen LogP contribution in [0, 0.1) is 0 Å². The van der Waals surface area contributed by atoms with E-state index in [1.807, 2.05) is 13.8 Å². The van der Waals surface area contributed by atoms with Gasteiger partial charge in [0.15, 0.2) is 0 Å². The minimum Gasteiger partial charge on any atom is -0.457 e. The van der Waals surface area contributed by atoms with E-state index in [4.69, 9.17) is 9.47 Å². The van der Waals surface area contributed by atoms with Crippen molar-refractivity contribution in [3.8, 4) is 0 Å². The van der Waals surface area contributed by atoms with Crippen LogP contribution >= 0.6 is 0 Å². The van der Waals surface area contributed by atoms with Crippen LogP contribution in [-0.2, 0) is 19.1 Å². The van der Waals surface area contributed by atoms with Crippen molar-refractivity contribution in [3.05, 3.63) is 24.8 Å². The van der Waals surface area contributed by atoms with Crippen LogP contribution in [0.5, 0.6) is 0 Å². The van der Waals surface area contributed by atoms with Crippen molar-refractivity contribution >= 4 is 11.9 Å². The van der Waals surface area contributed by atoms with E-state index in [0.717, 1.165) is 18.6 Å². The zero-order chi connectivity index (χ0) is 15.1. The quantitative estimate of drug-likeness (QED) is 0.422. The van der Waals surface area contributed by atoms with E-state index in [9.17, 15) is 9.59 Å². The van der Waals surface area contributed by atoms with Gasteiger partial charge in [-0.05, 0) is 47.5 Å². The predicted molar refractivity (Wildman–Crippen MR) is 74.6 cm³/mol.